The minimum absolute atomic E-state index is 0.708. The zero-order valence-corrected chi connectivity index (χ0v) is 15.7. The number of hydrogen-bond donors (Lipinski definition) is 1. The number of thiazole rings is 1. The smallest absolute Gasteiger partial charge is 0.214 e. The molecule has 0 fully saturated rings. The van der Waals surface area contributed by atoms with Crippen LogP contribution >= 0.6 is 23.1 Å². The molecule has 26 heavy (non-hydrogen) atoms. The molecular formula is C18H16N6S2. The molecule has 0 saturated heterocycles. The van der Waals surface area contributed by atoms with Gasteiger partial charge in [-0.25, -0.2) is 4.98 Å². The van der Waals surface area contributed by atoms with E-state index < -0.39 is 0 Å². The number of aryl methyl sites for hydroxylation is 1. The van der Waals surface area contributed by atoms with Crippen molar-refractivity contribution in [2.45, 2.75) is 17.8 Å². The van der Waals surface area contributed by atoms with Gasteiger partial charge >= 0.3 is 0 Å². The van der Waals surface area contributed by atoms with Crippen LogP contribution in [0.5, 0.6) is 0 Å². The summed E-state index contributed by atoms with van der Waals surface area (Å²) in [5.74, 6) is 0.708. The Labute approximate surface area is 159 Å². The van der Waals surface area contributed by atoms with Gasteiger partial charge in [-0.3, -0.25) is 0 Å². The standard InChI is InChI=1S/C18H16N6S2/c1-13-7-9-14(10-8-13)19-17-20-15(11-25-17)12-26-18-21-22-23-24(18)16-5-3-2-4-6-16/h2-11H,12H2,1H3,(H,19,20). The molecule has 8 heteroatoms. The molecule has 0 amide bonds. The molecule has 130 valence electrons. The predicted octanol–water partition coefficient (Wildman–Crippen LogP) is 4.46. The van der Waals surface area contributed by atoms with Gasteiger partial charge in [0.25, 0.3) is 0 Å². The van der Waals surface area contributed by atoms with Gasteiger partial charge in [0.05, 0.1) is 11.4 Å². The van der Waals surface area contributed by atoms with E-state index in [9.17, 15) is 0 Å². The summed E-state index contributed by atoms with van der Waals surface area (Å²) >= 11 is 3.16. The van der Waals surface area contributed by atoms with Crippen molar-refractivity contribution in [1.82, 2.24) is 25.2 Å². The highest BCUT2D eigenvalue weighted by atomic mass is 32.2. The molecule has 6 nitrogen and oxygen atoms in total. The van der Waals surface area contributed by atoms with E-state index in [1.54, 1.807) is 27.8 Å². The van der Waals surface area contributed by atoms with Gasteiger partial charge in [0, 0.05) is 16.8 Å². The first kappa shape index (κ1) is 16.7. The summed E-state index contributed by atoms with van der Waals surface area (Å²) in [5, 5.41) is 19.0. The van der Waals surface area contributed by atoms with E-state index in [2.05, 4.69) is 62.4 Å². The van der Waals surface area contributed by atoms with Crippen LogP contribution in [0.15, 0.2) is 65.1 Å². The minimum Gasteiger partial charge on any atom is -0.332 e. The number of benzene rings is 2. The number of aromatic nitrogens is 5. The lowest BCUT2D eigenvalue weighted by molar-refractivity contribution is 0.756. The molecule has 2 heterocycles. The number of hydrogen-bond acceptors (Lipinski definition) is 7. The first-order chi connectivity index (χ1) is 12.8. The number of nitrogens with one attached hydrogen (secondary N) is 1. The number of para-hydroxylation sites is 1. The Morgan fingerprint density at radius 3 is 2.69 bits per heavy atom. The van der Waals surface area contributed by atoms with Crippen molar-refractivity contribution in [3.63, 3.8) is 0 Å². The van der Waals surface area contributed by atoms with Crippen LogP contribution in [-0.4, -0.2) is 25.2 Å². The summed E-state index contributed by atoms with van der Waals surface area (Å²) < 4.78 is 1.74. The molecule has 0 bridgehead atoms. The van der Waals surface area contributed by atoms with Crippen LogP contribution in [-0.2, 0) is 5.75 Å². The predicted molar refractivity (Wildman–Crippen MR) is 105 cm³/mol. The van der Waals surface area contributed by atoms with E-state index in [0.29, 0.717) is 5.75 Å². The minimum atomic E-state index is 0.708. The number of thioether (sulfide) groups is 1. The Morgan fingerprint density at radius 2 is 1.88 bits per heavy atom. The molecule has 0 unspecified atom stereocenters. The molecule has 0 aliphatic carbocycles. The maximum atomic E-state index is 4.64. The summed E-state index contributed by atoms with van der Waals surface area (Å²) in [6, 6.07) is 18.1. The molecular weight excluding hydrogens is 364 g/mol. The summed E-state index contributed by atoms with van der Waals surface area (Å²) in [6.45, 7) is 2.07. The molecule has 0 aliphatic heterocycles. The van der Waals surface area contributed by atoms with Gasteiger partial charge in [-0.15, -0.1) is 16.4 Å². The Kier molecular flexibility index (Phi) is 4.94. The van der Waals surface area contributed by atoms with Gasteiger partial charge in [0.15, 0.2) is 5.13 Å². The average molecular weight is 381 g/mol. The highest BCUT2D eigenvalue weighted by Crippen LogP contribution is 2.26. The quantitative estimate of drug-likeness (QED) is 0.498. The molecule has 0 radical (unpaired) electrons. The summed E-state index contributed by atoms with van der Waals surface area (Å²) in [4.78, 5) is 4.64. The van der Waals surface area contributed by atoms with Gasteiger partial charge in [-0.2, -0.15) is 4.68 Å². The summed E-state index contributed by atoms with van der Waals surface area (Å²) in [5.41, 5.74) is 4.22. The third-order valence-electron chi connectivity index (χ3n) is 3.65. The van der Waals surface area contributed by atoms with E-state index in [1.807, 2.05) is 30.3 Å². The molecule has 1 N–H and O–H groups in total. The van der Waals surface area contributed by atoms with Gasteiger partial charge in [-0.05, 0) is 41.6 Å². The number of nitrogens with zero attached hydrogens (tertiary/aromatic N) is 5. The largest absolute Gasteiger partial charge is 0.332 e. The average Bonchev–Trinajstić information content (AvgIpc) is 3.32. The van der Waals surface area contributed by atoms with Crippen LogP contribution in [0.25, 0.3) is 5.69 Å². The van der Waals surface area contributed by atoms with Crippen LogP contribution in [0.3, 0.4) is 0 Å². The molecule has 0 aliphatic rings. The first-order valence-electron chi connectivity index (χ1n) is 8.02. The third-order valence-corrected chi connectivity index (χ3v) is 5.40. The zero-order valence-electron chi connectivity index (χ0n) is 14.0. The van der Waals surface area contributed by atoms with Crippen molar-refractivity contribution in [2.24, 2.45) is 0 Å². The summed E-state index contributed by atoms with van der Waals surface area (Å²) in [6.07, 6.45) is 0. The topological polar surface area (TPSA) is 68.5 Å². The monoisotopic (exact) mass is 380 g/mol. The van der Waals surface area contributed by atoms with Crippen LogP contribution in [0, 0.1) is 6.92 Å². The van der Waals surface area contributed by atoms with Crippen LogP contribution < -0.4 is 5.32 Å². The lowest BCUT2D eigenvalue weighted by Gasteiger charge is -2.03. The molecule has 2 aromatic carbocycles. The van der Waals surface area contributed by atoms with E-state index in [4.69, 9.17) is 0 Å². The Bertz CT molecular complexity index is 978. The lowest BCUT2D eigenvalue weighted by Crippen LogP contribution is -1.98. The van der Waals surface area contributed by atoms with Crippen LogP contribution in [0.4, 0.5) is 10.8 Å². The van der Waals surface area contributed by atoms with Gasteiger partial charge in [0.2, 0.25) is 5.16 Å². The second-order valence-electron chi connectivity index (χ2n) is 5.63. The Hall–Kier alpha value is -2.71. The second kappa shape index (κ2) is 7.67. The van der Waals surface area contributed by atoms with Gasteiger partial charge in [-0.1, -0.05) is 47.7 Å². The number of anilines is 2. The van der Waals surface area contributed by atoms with E-state index >= 15 is 0 Å². The van der Waals surface area contributed by atoms with Crippen LogP contribution in [0.1, 0.15) is 11.3 Å². The fourth-order valence-electron chi connectivity index (χ4n) is 2.33. The molecule has 0 saturated carbocycles. The second-order valence-corrected chi connectivity index (χ2v) is 7.43. The van der Waals surface area contributed by atoms with Crippen LogP contribution in [0.2, 0.25) is 0 Å². The normalized spacial score (nSPS) is 10.8. The fraction of sp³-hybridized carbons (Fsp3) is 0.111. The molecule has 0 spiro atoms. The maximum absolute atomic E-state index is 4.64. The van der Waals surface area contributed by atoms with Crippen molar-refractivity contribution in [2.75, 3.05) is 5.32 Å². The molecule has 0 atom stereocenters. The van der Waals surface area contributed by atoms with Gasteiger partial charge in [0.1, 0.15) is 0 Å². The summed E-state index contributed by atoms with van der Waals surface area (Å²) in [7, 11) is 0. The SMILES string of the molecule is Cc1ccc(Nc2nc(CSc3nnnn3-c3ccccc3)cs2)cc1. The maximum Gasteiger partial charge on any atom is 0.214 e. The number of tetrazole rings is 1. The molecule has 4 aromatic rings. The first-order valence-corrected chi connectivity index (χ1v) is 9.89. The van der Waals surface area contributed by atoms with E-state index in [0.717, 1.165) is 27.4 Å². The Balaban J connectivity index is 1.41. The third kappa shape index (κ3) is 3.92. The fourth-order valence-corrected chi connectivity index (χ4v) is 3.95. The van der Waals surface area contributed by atoms with Crippen molar-refractivity contribution >= 4 is 33.9 Å². The van der Waals surface area contributed by atoms with Crippen molar-refractivity contribution in [3.8, 4) is 5.69 Å². The van der Waals surface area contributed by atoms with E-state index in [-0.39, 0.29) is 0 Å². The van der Waals surface area contributed by atoms with Crippen molar-refractivity contribution in [1.29, 1.82) is 0 Å². The van der Waals surface area contributed by atoms with Gasteiger partial charge < -0.3 is 5.32 Å². The lowest BCUT2D eigenvalue weighted by atomic mass is 10.2. The number of rotatable bonds is 6. The van der Waals surface area contributed by atoms with Crippen molar-refractivity contribution in [3.05, 3.63) is 71.2 Å². The van der Waals surface area contributed by atoms with E-state index in [1.165, 1.54) is 5.56 Å². The zero-order chi connectivity index (χ0) is 17.8. The Morgan fingerprint density at radius 1 is 1.08 bits per heavy atom. The van der Waals surface area contributed by atoms with Crippen molar-refractivity contribution < 1.29 is 0 Å². The molecule has 4 rings (SSSR count). The highest BCUT2D eigenvalue weighted by molar-refractivity contribution is 7.98. The molecule has 2 aromatic heterocycles. The highest BCUT2D eigenvalue weighted by Gasteiger charge is 2.10.